The highest BCUT2D eigenvalue weighted by molar-refractivity contribution is 6.07. The number of carbonyl (C=O) groups is 1. The first-order valence-electron chi connectivity index (χ1n) is 7.95. The molecule has 3 aromatic rings. The molecule has 0 bridgehead atoms. The summed E-state index contributed by atoms with van der Waals surface area (Å²) in [5.41, 5.74) is 3.01. The molecule has 1 atom stereocenters. The first-order chi connectivity index (χ1) is 11.6. The summed E-state index contributed by atoms with van der Waals surface area (Å²) >= 11 is 0. The van der Waals surface area contributed by atoms with E-state index in [0.717, 1.165) is 33.6 Å². The summed E-state index contributed by atoms with van der Waals surface area (Å²) in [6, 6.07) is 11.7. The van der Waals surface area contributed by atoms with E-state index in [9.17, 15) is 4.79 Å². The zero-order valence-electron chi connectivity index (χ0n) is 13.5. The summed E-state index contributed by atoms with van der Waals surface area (Å²) < 4.78 is 6.04. The third-order valence-electron chi connectivity index (χ3n) is 4.67. The van der Waals surface area contributed by atoms with E-state index in [1.165, 1.54) is 0 Å². The fraction of sp³-hybridized carbons (Fsp3) is 0.211. The smallest absolute Gasteiger partial charge is 0.342 e. The van der Waals surface area contributed by atoms with Crippen molar-refractivity contribution in [3.8, 4) is 11.1 Å². The van der Waals surface area contributed by atoms with Crippen LogP contribution in [0.3, 0.4) is 0 Å². The number of aromatic nitrogens is 1. The molecule has 120 valence electrons. The van der Waals surface area contributed by atoms with E-state index in [0.29, 0.717) is 6.42 Å². The second kappa shape index (κ2) is 5.30. The van der Waals surface area contributed by atoms with Gasteiger partial charge in [0.1, 0.15) is 16.9 Å². The van der Waals surface area contributed by atoms with Gasteiger partial charge in [-0.2, -0.15) is 0 Å². The SMILES string of the molecule is CCC1(c2cc3cc(-c4cccnc4)ccc3o2)NC(=O)N=C1C. The number of carbonyl (C=O) groups excluding carboxylic acids is 1. The number of aliphatic imine (C=N–C) groups is 1. The van der Waals surface area contributed by atoms with Crippen molar-refractivity contribution < 1.29 is 9.21 Å². The van der Waals surface area contributed by atoms with Gasteiger partial charge in [-0.05, 0) is 43.2 Å². The van der Waals surface area contributed by atoms with Crippen LogP contribution in [0.15, 0.2) is 58.2 Å². The molecule has 0 fully saturated rings. The van der Waals surface area contributed by atoms with Gasteiger partial charge in [0.05, 0.1) is 5.71 Å². The fourth-order valence-electron chi connectivity index (χ4n) is 3.27. The Kier molecular flexibility index (Phi) is 3.23. The molecular weight excluding hydrogens is 302 g/mol. The van der Waals surface area contributed by atoms with Gasteiger partial charge in [0.25, 0.3) is 0 Å². The van der Waals surface area contributed by atoms with Crippen molar-refractivity contribution in [2.75, 3.05) is 0 Å². The van der Waals surface area contributed by atoms with Gasteiger partial charge in [-0.15, -0.1) is 0 Å². The minimum Gasteiger partial charge on any atom is -0.458 e. The summed E-state index contributed by atoms with van der Waals surface area (Å²) in [5, 5.41) is 3.94. The van der Waals surface area contributed by atoms with Crippen molar-refractivity contribution in [1.29, 1.82) is 0 Å². The average molecular weight is 319 g/mol. The van der Waals surface area contributed by atoms with Crippen molar-refractivity contribution in [3.05, 3.63) is 54.6 Å². The number of fused-ring (bicyclic) bond motifs is 1. The largest absolute Gasteiger partial charge is 0.458 e. The van der Waals surface area contributed by atoms with Crippen LogP contribution in [0.2, 0.25) is 0 Å². The maximum absolute atomic E-state index is 11.7. The number of nitrogens with zero attached hydrogens (tertiary/aromatic N) is 2. The van der Waals surface area contributed by atoms with Crippen LogP contribution in [-0.2, 0) is 5.54 Å². The number of pyridine rings is 1. The Labute approximate surface area is 139 Å². The number of nitrogens with one attached hydrogen (secondary N) is 1. The number of rotatable bonds is 3. The summed E-state index contributed by atoms with van der Waals surface area (Å²) in [5.74, 6) is 0.718. The topological polar surface area (TPSA) is 67.5 Å². The van der Waals surface area contributed by atoms with Gasteiger partial charge in [0.2, 0.25) is 0 Å². The molecule has 1 N–H and O–H groups in total. The lowest BCUT2D eigenvalue weighted by Crippen LogP contribution is -2.43. The van der Waals surface area contributed by atoms with E-state index < -0.39 is 5.54 Å². The monoisotopic (exact) mass is 319 g/mol. The first kappa shape index (κ1) is 14.6. The van der Waals surface area contributed by atoms with Crippen LogP contribution < -0.4 is 5.32 Å². The minimum absolute atomic E-state index is 0.314. The molecule has 5 heteroatoms. The summed E-state index contributed by atoms with van der Waals surface area (Å²) in [4.78, 5) is 19.9. The number of furan rings is 1. The van der Waals surface area contributed by atoms with Crippen LogP contribution in [0.1, 0.15) is 26.0 Å². The Hall–Kier alpha value is -2.95. The Morgan fingerprint density at radius 2 is 2.08 bits per heavy atom. The maximum Gasteiger partial charge on any atom is 0.342 e. The molecule has 5 nitrogen and oxygen atoms in total. The maximum atomic E-state index is 11.7. The molecule has 0 saturated carbocycles. The van der Waals surface area contributed by atoms with Crippen molar-refractivity contribution in [1.82, 2.24) is 10.3 Å². The Bertz CT molecular complexity index is 959. The highest BCUT2D eigenvalue weighted by atomic mass is 16.3. The summed E-state index contributed by atoms with van der Waals surface area (Å²) in [6.07, 6.45) is 4.28. The predicted octanol–water partition coefficient (Wildman–Crippen LogP) is 4.28. The van der Waals surface area contributed by atoms with E-state index in [2.05, 4.69) is 21.4 Å². The lowest BCUT2D eigenvalue weighted by molar-refractivity contribution is 0.242. The van der Waals surface area contributed by atoms with Crippen molar-refractivity contribution in [2.24, 2.45) is 4.99 Å². The van der Waals surface area contributed by atoms with Crippen molar-refractivity contribution in [3.63, 3.8) is 0 Å². The molecule has 0 saturated heterocycles. The molecule has 2 amide bonds. The number of benzene rings is 1. The standard InChI is InChI=1S/C19H17N3O2/c1-3-19(12(2)21-18(23)22-19)17-10-15-9-13(6-7-16(15)24-17)14-5-4-8-20-11-14/h4-11H,3H2,1-2H3,(H,22,23). The summed E-state index contributed by atoms with van der Waals surface area (Å²) in [6.45, 7) is 3.87. The number of amides is 2. The van der Waals surface area contributed by atoms with Gasteiger partial charge < -0.3 is 9.73 Å². The molecule has 4 rings (SSSR count). The van der Waals surface area contributed by atoms with Gasteiger partial charge in [-0.25, -0.2) is 9.79 Å². The second-order valence-corrected chi connectivity index (χ2v) is 5.99. The van der Waals surface area contributed by atoms with Crippen LogP contribution in [0.25, 0.3) is 22.1 Å². The van der Waals surface area contributed by atoms with E-state index in [1.54, 1.807) is 6.20 Å². The van der Waals surface area contributed by atoms with Gasteiger partial charge in [-0.1, -0.05) is 19.1 Å². The van der Waals surface area contributed by atoms with Gasteiger partial charge in [0, 0.05) is 23.3 Å². The summed E-state index contributed by atoms with van der Waals surface area (Å²) in [7, 11) is 0. The van der Waals surface area contributed by atoms with E-state index in [-0.39, 0.29) is 6.03 Å². The number of urea groups is 1. The fourth-order valence-corrected chi connectivity index (χ4v) is 3.27. The zero-order valence-corrected chi connectivity index (χ0v) is 13.5. The average Bonchev–Trinajstić information content (AvgIpc) is 3.15. The van der Waals surface area contributed by atoms with Gasteiger partial charge in [0.15, 0.2) is 0 Å². The van der Waals surface area contributed by atoms with E-state index >= 15 is 0 Å². The third kappa shape index (κ3) is 2.12. The molecule has 0 aliphatic carbocycles. The quantitative estimate of drug-likeness (QED) is 0.783. The van der Waals surface area contributed by atoms with E-state index in [1.807, 2.05) is 50.4 Å². The molecule has 0 spiro atoms. The highest BCUT2D eigenvalue weighted by Crippen LogP contribution is 2.35. The van der Waals surface area contributed by atoms with Crippen LogP contribution in [0.4, 0.5) is 4.79 Å². The minimum atomic E-state index is -0.648. The van der Waals surface area contributed by atoms with Crippen LogP contribution in [0, 0.1) is 0 Å². The third-order valence-corrected chi connectivity index (χ3v) is 4.67. The van der Waals surface area contributed by atoms with Crippen molar-refractivity contribution >= 4 is 22.7 Å². The van der Waals surface area contributed by atoms with Crippen LogP contribution in [0.5, 0.6) is 0 Å². The second-order valence-electron chi connectivity index (χ2n) is 5.99. The van der Waals surface area contributed by atoms with Crippen LogP contribution >= 0.6 is 0 Å². The Balaban J connectivity index is 1.82. The molecule has 1 aromatic carbocycles. The molecule has 1 unspecified atom stereocenters. The lowest BCUT2D eigenvalue weighted by Gasteiger charge is -2.25. The predicted molar refractivity (Wildman–Crippen MR) is 93.1 cm³/mol. The molecular formula is C19H17N3O2. The molecule has 1 aliphatic rings. The van der Waals surface area contributed by atoms with E-state index in [4.69, 9.17) is 4.42 Å². The molecule has 3 heterocycles. The molecule has 24 heavy (non-hydrogen) atoms. The van der Waals surface area contributed by atoms with Crippen LogP contribution in [-0.4, -0.2) is 16.7 Å². The first-order valence-corrected chi connectivity index (χ1v) is 7.95. The Morgan fingerprint density at radius 3 is 2.75 bits per heavy atom. The van der Waals surface area contributed by atoms with Gasteiger partial charge >= 0.3 is 6.03 Å². The number of hydrogen-bond donors (Lipinski definition) is 1. The van der Waals surface area contributed by atoms with Crippen molar-refractivity contribution in [2.45, 2.75) is 25.8 Å². The zero-order chi connectivity index (χ0) is 16.7. The molecule has 2 aromatic heterocycles. The van der Waals surface area contributed by atoms with Gasteiger partial charge in [-0.3, -0.25) is 4.98 Å². The highest BCUT2D eigenvalue weighted by Gasteiger charge is 2.43. The Morgan fingerprint density at radius 1 is 1.21 bits per heavy atom. The molecule has 0 radical (unpaired) electrons. The normalized spacial score (nSPS) is 20.2. The lowest BCUT2D eigenvalue weighted by atomic mass is 9.89. The molecule has 1 aliphatic heterocycles. The number of hydrogen-bond acceptors (Lipinski definition) is 3.